The van der Waals surface area contributed by atoms with Crippen LogP contribution in [0.3, 0.4) is 0 Å². The van der Waals surface area contributed by atoms with Gasteiger partial charge in [-0.3, -0.25) is 4.79 Å². The van der Waals surface area contributed by atoms with Crippen LogP contribution in [0.4, 0.5) is 5.69 Å². The fourth-order valence-electron chi connectivity index (χ4n) is 3.42. The largest absolute Gasteiger partial charge is 0.609 e. The van der Waals surface area contributed by atoms with Crippen molar-refractivity contribution in [1.82, 2.24) is 0 Å². The third kappa shape index (κ3) is 5.34. The number of rotatable bonds is 6. The van der Waals surface area contributed by atoms with Gasteiger partial charge in [0.15, 0.2) is 5.43 Å². The maximum atomic E-state index is 12.7. The number of aryl methyl sites for hydroxylation is 1. The van der Waals surface area contributed by atoms with Crippen molar-refractivity contribution in [2.45, 2.75) is 58.3 Å². The molecule has 0 aliphatic carbocycles. The predicted molar refractivity (Wildman–Crippen MR) is 128 cm³/mol. The molecule has 7 heteroatoms. The van der Waals surface area contributed by atoms with Crippen molar-refractivity contribution in [2.75, 3.05) is 11.1 Å². The molecule has 0 spiro atoms. The van der Waals surface area contributed by atoms with Crippen LogP contribution < -0.4 is 10.7 Å². The Labute approximate surface area is 191 Å². The first kappa shape index (κ1) is 23.9. The Morgan fingerprint density at radius 2 is 1.91 bits per heavy atom. The molecular weight excluding hydrogens is 426 g/mol. The smallest absolute Gasteiger partial charge is 0.340 e. The second-order valence-electron chi connectivity index (χ2n) is 8.71. The summed E-state index contributed by atoms with van der Waals surface area (Å²) in [6, 6.07) is 11.8. The Morgan fingerprint density at radius 1 is 1.22 bits per heavy atom. The molecule has 6 nitrogen and oxygen atoms in total. The van der Waals surface area contributed by atoms with E-state index in [1.165, 1.54) is 6.07 Å². The molecule has 1 heterocycles. The molecule has 3 aromatic rings. The van der Waals surface area contributed by atoms with Crippen LogP contribution >= 0.6 is 0 Å². The van der Waals surface area contributed by atoms with Crippen molar-refractivity contribution in [3.8, 4) is 0 Å². The van der Waals surface area contributed by atoms with Gasteiger partial charge in [-0.2, -0.15) is 0 Å². The lowest BCUT2D eigenvalue weighted by Crippen LogP contribution is -2.24. The summed E-state index contributed by atoms with van der Waals surface area (Å²) in [5, 5.41) is 3.96. The van der Waals surface area contributed by atoms with Crippen LogP contribution in [-0.4, -0.2) is 21.9 Å². The van der Waals surface area contributed by atoms with Crippen LogP contribution in [0, 0.1) is 6.92 Å². The van der Waals surface area contributed by atoms with Crippen LogP contribution in [0.1, 0.15) is 62.1 Å². The molecular formula is C25H29NO5S. The van der Waals surface area contributed by atoms with Crippen LogP contribution in [0.2, 0.25) is 0 Å². The molecule has 0 fully saturated rings. The van der Waals surface area contributed by atoms with Gasteiger partial charge in [0.1, 0.15) is 16.9 Å². The van der Waals surface area contributed by atoms with Gasteiger partial charge >= 0.3 is 11.1 Å². The Balaban J connectivity index is 2.05. The Kier molecular flexibility index (Phi) is 7.00. The summed E-state index contributed by atoms with van der Waals surface area (Å²) in [5.74, 6) is -0.0683. The molecule has 0 aliphatic rings. The van der Waals surface area contributed by atoms with Crippen LogP contribution in [0.5, 0.6) is 0 Å². The van der Waals surface area contributed by atoms with Crippen molar-refractivity contribution in [2.24, 2.45) is 0 Å². The lowest BCUT2D eigenvalue weighted by atomic mass is 10.0. The molecule has 0 aliphatic heterocycles. The van der Waals surface area contributed by atoms with Gasteiger partial charge in [-0.1, -0.05) is 18.2 Å². The maximum Gasteiger partial charge on any atom is 0.340 e. The molecule has 170 valence electrons. The summed E-state index contributed by atoms with van der Waals surface area (Å²) < 4.78 is 23.8. The molecule has 2 unspecified atom stereocenters. The van der Waals surface area contributed by atoms with E-state index in [9.17, 15) is 14.1 Å². The van der Waals surface area contributed by atoms with Gasteiger partial charge in [-0.15, -0.1) is 0 Å². The summed E-state index contributed by atoms with van der Waals surface area (Å²) in [7, 11) is 0. The van der Waals surface area contributed by atoms with E-state index in [-0.39, 0.29) is 16.6 Å². The molecule has 1 N–H and O–H groups in total. The third-order valence-electron chi connectivity index (χ3n) is 4.85. The lowest BCUT2D eigenvalue weighted by Gasteiger charge is -2.22. The summed E-state index contributed by atoms with van der Waals surface area (Å²) in [6.07, 6.45) is 0. The molecule has 3 rings (SSSR count). The first-order chi connectivity index (χ1) is 15.0. The van der Waals surface area contributed by atoms with Crippen LogP contribution in [0.15, 0.2) is 56.8 Å². The minimum Gasteiger partial charge on any atom is -0.609 e. The van der Waals surface area contributed by atoms with Crippen molar-refractivity contribution in [1.29, 1.82) is 0 Å². The maximum absolute atomic E-state index is 12.7. The number of benzene rings is 2. The summed E-state index contributed by atoms with van der Waals surface area (Å²) in [6.45, 7) is 11.1. The number of nitrogens with one attached hydrogen (secondary N) is 1. The summed E-state index contributed by atoms with van der Waals surface area (Å²) >= 11 is -1.39. The first-order valence-corrected chi connectivity index (χ1v) is 11.9. The number of hydrogen-bond donors (Lipinski definition) is 1. The zero-order valence-electron chi connectivity index (χ0n) is 19.3. The number of para-hydroxylation sites is 1. The van der Waals surface area contributed by atoms with Gasteiger partial charge in [-0.05, 0) is 65.3 Å². The second-order valence-corrected chi connectivity index (χ2v) is 10.4. The first-order valence-electron chi connectivity index (χ1n) is 10.6. The van der Waals surface area contributed by atoms with Crippen molar-refractivity contribution in [3.63, 3.8) is 0 Å². The number of carbonyl (C=O) groups is 1. The van der Waals surface area contributed by atoms with Gasteiger partial charge in [0, 0.05) is 22.4 Å². The van der Waals surface area contributed by atoms with Gasteiger partial charge in [-0.25, -0.2) is 4.79 Å². The molecule has 0 radical (unpaired) electrons. The standard InChI is InChI=1S/C25H29NO5S/c1-7-32(29)22-14-21(27)19-13-15(2)12-18(23(19)30-22)16(3)26-20-11-9-8-10-17(20)24(28)31-25(4,5)6/h8-14,16,26H,7H2,1-6H3. The Morgan fingerprint density at radius 3 is 2.56 bits per heavy atom. The molecule has 32 heavy (non-hydrogen) atoms. The summed E-state index contributed by atoms with van der Waals surface area (Å²) in [5.41, 5.74) is 2.23. The highest BCUT2D eigenvalue weighted by Crippen LogP contribution is 2.30. The molecule has 2 atom stereocenters. The van der Waals surface area contributed by atoms with E-state index in [1.54, 1.807) is 25.1 Å². The molecule has 2 aromatic carbocycles. The zero-order chi connectivity index (χ0) is 23.6. The number of esters is 1. The third-order valence-corrected chi connectivity index (χ3v) is 6.02. The van der Waals surface area contributed by atoms with Gasteiger partial charge in [0.25, 0.3) is 0 Å². The number of ether oxygens (including phenoxy) is 1. The highest BCUT2D eigenvalue weighted by molar-refractivity contribution is 7.91. The summed E-state index contributed by atoms with van der Waals surface area (Å²) in [4.78, 5) is 25.4. The van der Waals surface area contributed by atoms with E-state index in [2.05, 4.69) is 5.32 Å². The van der Waals surface area contributed by atoms with E-state index in [1.807, 2.05) is 52.8 Å². The molecule has 1 aromatic heterocycles. The monoisotopic (exact) mass is 455 g/mol. The molecule has 0 bridgehead atoms. The number of hydrogen-bond acceptors (Lipinski definition) is 6. The number of anilines is 1. The molecule has 0 amide bonds. The SMILES string of the molecule is CC[S+]([O-])c1cc(=O)c2cc(C)cc(C(C)Nc3ccccc3C(=O)OC(C)(C)C)c2o1. The van der Waals surface area contributed by atoms with Gasteiger partial charge in [0.2, 0.25) is 0 Å². The van der Waals surface area contributed by atoms with E-state index in [0.29, 0.717) is 28.0 Å². The molecule has 0 saturated heterocycles. The van der Waals surface area contributed by atoms with Gasteiger partial charge in [0.05, 0.1) is 23.1 Å². The molecule has 0 saturated carbocycles. The van der Waals surface area contributed by atoms with Crippen molar-refractivity contribution >= 4 is 33.8 Å². The van der Waals surface area contributed by atoms with Gasteiger partial charge < -0.3 is 19.0 Å². The lowest BCUT2D eigenvalue weighted by molar-refractivity contribution is 0.00706. The fourth-order valence-corrected chi connectivity index (χ4v) is 4.12. The quantitative estimate of drug-likeness (QED) is 0.397. The zero-order valence-corrected chi connectivity index (χ0v) is 20.1. The average molecular weight is 456 g/mol. The fraction of sp³-hybridized carbons (Fsp3) is 0.360. The van der Waals surface area contributed by atoms with E-state index < -0.39 is 22.7 Å². The Hall–Kier alpha value is -2.77. The average Bonchev–Trinajstić information content (AvgIpc) is 2.72. The van der Waals surface area contributed by atoms with Crippen molar-refractivity contribution in [3.05, 3.63) is 69.4 Å². The van der Waals surface area contributed by atoms with E-state index >= 15 is 0 Å². The highest BCUT2D eigenvalue weighted by atomic mass is 32.2. The number of fused-ring (bicyclic) bond motifs is 1. The topological polar surface area (TPSA) is 91.6 Å². The van der Waals surface area contributed by atoms with Crippen LogP contribution in [-0.2, 0) is 15.9 Å². The van der Waals surface area contributed by atoms with Crippen molar-refractivity contribution < 1.29 is 18.5 Å². The minimum atomic E-state index is -1.39. The van der Waals surface area contributed by atoms with Crippen LogP contribution in [0.25, 0.3) is 11.0 Å². The predicted octanol–water partition coefficient (Wildman–Crippen LogP) is 5.36. The minimum absolute atomic E-state index is 0.163. The highest BCUT2D eigenvalue weighted by Gasteiger charge is 2.23. The normalized spacial score (nSPS) is 13.6. The second kappa shape index (κ2) is 9.38. The number of carbonyl (C=O) groups excluding carboxylic acids is 1. The Bertz CT molecular complexity index is 1200. The van der Waals surface area contributed by atoms with E-state index in [0.717, 1.165) is 11.1 Å². The van der Waals surface area contributed by atoms with E-state index in [4.69, 9.17) is 9.15 Å².